The van der Waals surface area contributed by atoms with E-state index < -0.39 is 17.1 Å². The van der Waals surface area contributed by atoms with E-state index >= 15 is 0 Å². The van der Waals surface area contributed by atoms with Gasteiger partial charge in [-0.1, -0.05) is 19.9 Å². The van der Waals surface area contributed by atoms with E-state index in [2.05, 4.69) is 0 Å². The van der Waals surface area contributed by atoms with Gasteiger partial charge < -0.3 is 4.74 Å². The lowest BCUT2D eigenvalue weighted by molar-refractivity contribution is 0.0579. The first-order valence-corrected chi connectivity index (χ1v) is 6.41. The lowest BCUT2D eigenvalue weighted by Gasteiger charge is -2.25. The van der Waals surface area contributed by atoms with E-state index in [0.29, 0.717) is 17.8 Å². The molecule has 0 bridgehead atoms. The number of carbonyl (C=O) groups is 1. The van der Waals surface area contributed by atoms with Gasteiger partial charge in [-0.05, 0) is 32.9 Å². The van der Waals surface area contributed by atoms with E-state index in [0.717, 1.165) is 0 Å². The summed E-state index contributed by atoms with van der Waals surface area (Å²) in [6, 6.07) is 4.81. The summed E-state index contributed by atoms with van der Waals surface area (Å²) < 4.78 is 19.4. The Morgan fingerprint density at radius 1 is 1.37 bits per heavy atom. The molecule has 0 spiro atoms. The molecule has 1 amide bonds. The van der Waals surface area contributed by atoms with E-state index in [1.807, 2.05) is 34.6 Å². The first kappa shape index (κ1) is 13.8. The molecule has 0 fully saturated rings. The zero-order valence-corrected chi connectivity index (χ0v) is 12.1. The summed E-state index contributed by atoms with van der Waals surface area (Å²) in [6.07, 6.45) is -0.426. The van der Waals surface area contributed by atoms with Gasteiger partial charge in [0.05, 0.1) is 5.69 Å². The summed E-state index contributed by atoms with van der Waals surface area (Å²) in [4.78, 5) is 13.7. The van der Waals surface area contributed by atoms with Crippen LogP contribution in [0.2, 0.25) is 0 Å². The molecule has 0 aromatic heterocycles. The number of anilines is 1. The highest BCUT2D eigenvalue weighted by Crippen LogP contribution is 2.42. The molecule has 19 heavy (non-hydrogen) atoms. The van der Waals surface area contributed by atoms with Crippen molar-refractivity contribution >= 4 is 11.8 Å². The van der Waals surface area contributed by atoms with Crippen molar-refractivity contribution in [3.05, 3.63) is 29.6 Å². The topological polar surface area (TPSA) is 29.5 Å². The third-order valence-corrected chi connectivity index (χ3v) is 3.13. The molecule has 3 nitrogen and oxygen atoms in total. The number of hydrogen-bond acceptors (Lipinski definition) is 2. The molecule has 0 N–H and O–H groups in total. The average Bonchev–Trinajstić information content (AvgIpc) is 2.49. The van der Waals surface area contributed by atoms with Crippen molar-refractivity contribution in [3.63, 3.8) is 0 Å². The maximum absolute atomic E-state index is 14.0. The SMILES string of the molecule is CC(C)(C)OC(=O)N1CC(C)(C)c2c(F)cccc21. The molecular weight excluding hydrogens is 245 g/mol. The van der Waals surface area contributed by atoms with E-state index in [-0.39, 0.29) is 5.82 Å². The van der Waals surface area contributed by atoms with E-state index in [1.54, 1.807) is 12.1 Å². The monoisotopic (exact) mass is 265 g/mol. The quantitative estimate of drug-likeness (QED) is 0.713. The van der Waals surface area contributed by atoms with Gasteiger partial charge >= 0.3 is 6.09 Å². The van der Waals surface area contributed by atoms with Crippen molar-refractivity contribution in [2.75, 3.05) is 11.4 Å². The van der Waals surface area contributed by atoms with Crippen LogP contribution in [0.25, 0.3) is 0 Å². The summed E-state index contributed by atoms with van der Waals surface area (Å²) in [7, 11) is 0. The maximum Gasteiger partial charge on any atom is 0.414 e. The molecule has 1 aliphatic rings. The minimum Gasteiger partial charge on any atom is -0.443 e. The van der Waals surface area contributed by atoms with Gasteiger partial charge in [0.1, 0.15) is 11.4 Å². The van der Waals surface area contributed by atoms with Crippen LogP contribution in [0.1, 0.15) is 40.2 Å². The number of carbonyl (C=O) groups excluding carboxylic acids is 1. The second-order valence-corrected chi connectivity index (χ2v) is 6.58. The number of benzene rings is 1. The molecular formula is C15H20FNO2. The Morgan fingerprint density at radius 2 is 2.00 bits per heavy atom. The van der Waals surface area contributed by atoms with Crippen molar-refractivity contribution in [2.24, 2.45) is 0 Å². The Bertz CT molecular complexity index is 517. The predicted octanol–water partition coefficient (Wildman–Crippen LogP) is 3.86. The van der Waals surface area contributed by atoms with Gasteiger partial charge in [-0.25, -0.2) is 9.18 Å². The standard InChI is InChI=1S/C15H20FNO2/c1-14(2,3)19-13(18)17-9-15(4,5)12-10(16)7-6-8-11(12)17/h6-8H,9H2,1-5H3. The third kappa shape index (κ3) is 2.57. The van der Waals surface area contributed by atoms with Crippen LogP contribution in [0.4, 0.5) is 14.9 Å². The highest BCUT2D eigenvalue weighted by atomic mass is 19.1. The molecule has 0 unspecified atom stereocenters. The molecule has 4 heteroatoms. The number of fused-ring (bicyclic) bond motifs is 1. The van der Waals surface area contributed by atoms with Crippen molar-refractivity contribution in [1.82, 2.24) is 0 Å². The van der Waals surface area contributed by atoms with Gasteiger partial charge in [-0.15, -0.1) is 0 Å². The first-order chi connectivity index (χ1) is 8.62. The van der Waals surface area contributed by atoms with Crippen LogP contribution in [0.15, 0.2) is 18.2 Å². The lowest BCUT2D eigenvalue weighted by Crippen LogP contribution is -2.38. The minimum absolute atomic E-state index is 0.270. The fourth-order valence-corrected chi connectivity index (χ4v) is 2.45. The molecule has 0 saturated carbocycles. The van der Waals surface area contributed by atoms with Crippen molar-refractivity contribution in [2.45, 2.75) is 45.6 Å². The normalized spacial score (nSPS) is 17.3. The van der Waals surface area contributed by atoms with Gasteiger partial charge in [0, 0.05) is 17.5 Å². The third-order valence-electron chi connectivity index (χ3n) is 3.13. The Kier molecular flexibility index (Phi) is 3.07. The first-order valence-electron chi connectivity index (χ1n) is 6.41. The van der Waals surface area contributed by atoms with E-state index in [9.17, 15) is 9.18 Å². The maximum atomic E-state index is 14.0. The predicted molar refractivity (Wildman–Crippen MR) is 73.0 cm³/mol. The molecule has 0 atom stereocenters. The average molecular weight is 265 g/mol. The van der Waals surface area contributed by atoms with E-state index in [1.165, 1.54) is 11.0 Å². The van der Waals surface area contributed by atoms with Crippen LogP contribution >= 0.6 is 0 Å². The molecule has 1 heterocycles. The second kappa shape index (κ2) is 4.22. The fraction of sp³-hybridized carbons (Fsp3) is 0.533. The summed E-state index contributed by atoms with van der Waals surface area (Å²) in [5.74, 6) is -0.270. The van der Waals surface area contributed by atoms with Crippen molar-refractivity contribution < 1.29 is 13.9 Å². The van der Waals surface area contributed by atoms with Crippen LogP contribution in [-0.4, -0.2) is 18.2 Å². The zero-order valence-electron chi connectivity index (χ0n) is 12.1. The summed E-state index contributed by atoms with van der Waals surface area (Å²) in [5.41, 5.74) is 0.231. The Labute approximate surface area is 113 Å². The number of halogens is 1. The summed E-state index contributed by atoms with van der Waals surface area (Å²) >= 11 is 0. The molecule has 0 saturated heterocycles. The number of ether oxygens (including phenoxy) is 1. The highest BCUT2D eigenvalue weighted by Gasteiger charge is 2.41. The number of hydrogen-bond donors (Lipinski definition) is 0. The highest BCUT2D eigenvalue weighted by molar-refractivity contribution is 5.91. The van der Waals surface area contributed by atoms with Crippen LogP contribution < -0.4 is 4.90 Å². The van der Waals surface area contributed by atoms with Gasteiger partial charge in [0.2, 0.25) is 0 Å². The molecule has 2 rings (SSSR count). The Balaban J connectivity index is 2.38. The summed E-state index contributed by atoms with van der Waals surface area (Å²) in [6.45, 7) is 9.74. The number of nitrogens with zero attached hydrogens (tertiary/aromatic N) is 1. The van der Waals surface area contributed by atoms with Gasteiger partial charge in [-0.2, -0.15) is 0 Å². The molecule has 1 aromatic carbocycles. The summed E-state index contributed by atoms with van der Waals surface area (Å²) in [5, 5.41) is 0. The molecule has 1 aliphatic heterocycles. The smallest absolute Gasteiger partial charge is 0.414 e. The van der Waals surface area contributed by atoms with Crippen molar-refractivity contribution in [3.8, 4) is 0 Å². The number of rotatable bonds is 0. The fourth-order valence-electron chi connectivity index (χ4n) is 2.45. The van der Waals surface area contributed by atoms with Crippen LogP contribution in [-0.2, 0) is 10.2 Å². The van der Waals surface area contributed by atoms with Crippen molar-refractivity contribution in [1.29, 1.82) is 0 Å². The van der Waals surface area contributed by atoms with Crippen LogP contribution in [0.3, 0.4) is 0 Å². The Hall–Kier alpha value is -1.58. The van der Waals surface area contributed by atoms with Gasteiger partial charge in [0.25, 0.3) is 0 Å². The van der Waals surface area contributed by atoms with Gasteiger partial charge in [-0.3, -0.25) is 4.90 Å². The molecule has 0 radical (unpaired) electrons. The van der Waals surface area contributed by atoms with E-state index in [4.69, 9.17) is 4.74 Å². The zero-order chi connectivity index (χ0) is 14.4. The molecule has 1 aromatic rings. The second-order valence-electron chi connectivity index (χ2n) is 6.58. The molecule has 0 aliphatic carbocycles. The number of amides is 1. The molecule has 104 valence electrons. The largest absolute Gasteiger partial charge is 0.443 e. The Morgan fingerprint density at radius 3 is 2.58 bits per heavy atom. The lowest BCUT2D eigenvalue weighted by atomic mass is 9.87. The van der Waals surface area contributed by atoms with Gasteiger partial charge in [0.15, 0.2) is 0 Å². The van der Waals surface area contributed by atoms with Crippen LogP contribution in [0.5, 0.6) is 0 Å². The minimum atomic E-state index is -0.558. The van der Waals surface area contributed by atoms with Crippen LogP contribution in [0, 0.1) is 5.82 Å².